The molecule has 1 N–H and O–H groups in total. The first-order chi connectivity index (χ1) is 12.3. The van der Waals surface area contributed by atoms with Crippen molar-refractivity contribution in [2.45, 2.75) is 44.9 Å². The van der Waals surface area contributed by atoms with E-state index in [-0.39, 0.29) is 5.91 Å². The Hall–Kier alpha value is -2.21. The van der Waals surface area contributed by atoms with Gasteiger partial charge in [-0.3, -0.25) is 9.20 Å². The molecule has 3 heterocycles. The number of carbonyl (C=O) groups excluding carboxylic acids is 1. The van der Waals surface area contributed by atoms with Crippen molar-refractivity contribution in [2.75, 3.05) is 6.54 Å². The first-order valence-corrected chi connectivity index (χ1v) is 9.81. The van der Waals surface area contributed by atoms with Crippen molar-refractivity contribution >= 4 is 22.9 Å². The Bertz CT molecular complexity index is 857. The van der Waals surface area contributed by atoms with Crippen LogP contribution in [0, 0.1) is 0 Å². The molecule has 0 bridgehead atoms. The number of hydrogen-bond acceptors (Lipinski definition) is 4. The van der Waals surface area contributed by atoms with E-state index in [0.29, 0.717) is 13.0 Å². The molecule has 0 spiro atoms. The maximum Gasteiger partial charge on any atom is 0.261 e. The molecule has 0 aliphatic heterocycles. The van der Waals surface area contributed by atoms with Gasteiger partial charge in [-0.15, -0.1) is 21.5 Å². The molecule has 5 nitrogen and oxygen atoms in total. The first-order valence-electron chi connectivity index (χ1n) is 9.00. The fourth-order valence-corrected chi connectivity index (χ4v) is 4.56. The highest BCUT2D eigenvalue weighted by molar-refractivity contribution is 7.14. The van der Waals surface area contributed by atoms with Crippen molar-refractivity contribution in [3.05, 3.63) is 51.6 Å². The summed E-state index contributed by atoms with van der Waals surface area (Å²) in [6, 6.07) is 7.93. The summed E-state index contributed by atoms with van der Waals surface area (Å²) in [7, 11) is 0. The van der Waals surface area contributed by atoms with E-state index in [2.05, 4.69) is 21.6 Å². The van der Waals surface area contributed by atoms with E-state index in [1.54, 1.807) is 11.3 Å². The molecule has 25 heavy (non-hydrogen) atoms. The normalized spacial score (nSPS) is 14.7. The molecule has 1 amide bonds. The number of pyridine rings is 1. The number of nitrogens with one attached hydrogen (secondary N) is 1. The molecule has 0 saturated carbocycles. The van der Waals surface area contributed by atoms with Gasteiger partial charge in [0.1, 0.15) is 5.82 Å². The molecule has 1 aliphatic carbocycles. The second-order valence-corrected chi connectivity index (χ2v) is 7.66. The topological polar surface area (TPSA) is 59.3 Å². The minimum atomic E-state index is 0.0329. The minimum absolute atomic E-state index is 0.0329. The summed E-state index contributed by atoms with van der Waals surface area (Å²) in [5, 5.41) is 11.4. The first kappa shape index (κ1) is 16.3. The maximum atomic E-state index is 12.5. The summed E-state index contributed by atoms with van der Waals surface area (Å²) in [4.78, 5) is 14.7. The monoisotopic (exact) mass is 354 g/mol. The van der Waals surface area contributed by atoms with E-state index in [1.807, 2.05) is 28.8 Å². The molecular weight excluding hydrogens is 332 g/mol. The fourth-order valence-electron chi connectivity index (χ4n) is 3.39. The van der Waals surface area contributed by atoms with Crippen molar-refractivity contribution in [1.29, 1.82) is 0 Å². The number of carbonyl (C=O) groups is 1. The Morgan fingerprint density at radius 1 is 1.16 bits per heavy atom. The lowest BCUT2D eigenvalue weighted by Gasteiger charge is -2.07. The summed E-state index contributed by atoms with van der Waals surface area (Å²) in [5.41, 5.74) is 2.22. The van der Waals surface area contributed by atoms with Crippen LogP contribution in [-0.4, -0.2) is 27.0 Å². The van der Waals surface area contributed by atoms with Gasteiger partial charge in [-0.05, 0) is 49.4 Å². The lowest BCUT2D eigenvalue weighted by atomic mass is 10.00. The number of aromatic nitrogens is 3. The third-order valence-electron chi connectivity index (χ3n) is 4.74. The zero-order valence-electron chi connectivity index (χ0n) is 14.2. The minimum Gasteiger partial charge on any atom is -0.351 e. The van der Waals surface area contributed by atoms with Crippen molar-refractivity contribution in [3.8, 4) is 0 Å². The molecular formula is C19H22N4OS. The molecule has 130 valence electrons. The van der Waals surface area contributed by atoms with Crippen molar-refractivity contribution < 1.29 is 4.79 Å². The highest BCUT2D eigenvalue weighted by Gasteiger charge is 2.16. The van der Waals surface area contributed by atoms with Gasteiger partial charge in [0.15, 0.2) is 5.65 Å². The summed E-state index contributed by atoms with van der Waals surface area (Å²) < 4.78 is 1.96. The Morgan fingerprint density at radius 3 is 2.96 bits per heavy atom. The van der Waals surface area contributed by atoms with Crippen LogP contribution in [0.15, 0.2) is 30.5 Å². The van der Waals surface area contributed by atoms with E-state index >= 15 is 0 Å². The van der Waals surface area contributed by atoms with Gasteiger partial charge in [-0.25, -0.2) is 0 Å². The maximum absolute atomic E-state index is 12.5. The number of thiophene rings is 1. The van der Waals surface area contributed by atoms with Gasteiger partial charge in [-0.1, -0.05) is 18.9 Å². The standard InChI is InChI=1S/C19H22N4OS/c24-19(16-13-14-7-3-1-2-4-8-15(14)25-16)20-11-10-18-22-21-17-9-5-6-12-23(17)18/h5-6,9,12-13H,1-4,7-8,10-11H2,(H,20,24). The summed E-state index contributed by atoms with van der Waals surface area (Å²) in [6.07, 6.45) is 9.96. The Morgan fingerprint density at radius 2 is 2.04 bits per heavy atom. The molecule has 0 radical (unpaired) electrons. The zero-order valence-corrected chi connectivity index (χ0v) is 15.0. The highest BCUT2D eigenvalue weighted by Crippen LogP contribution is 2.28. The molecule has 6 heteroatoms. The third kappa shape index (κ3) is 3.58. The molecule has 3 aromatic rings. The second kappa shape index (κ2) is 7.35. The van der Waals surface area contributed by atoms with Crippen molar-refractivity contribution in [2.24, 2.45) is 0 Å². The van der Waals surface area contributed by atoms with Gasteiger partial charge in [0.25, 0.3) is 5.91 Å². The number of aryl methyl sites for hydroxylation is 2. The van der Waals surface area contributed by atoms with E-state index in [9.17, 15) is 4.79 Å². The van der Waals surface area contributed by atoms with Crippen LogP contribution < -0.4 is 5.32 Å². The average Bonchev–Trinajstić information content (AvgIpc) is 3.19. The SMILES string of the molecule is O=C(NCCc1nnc2ccccn12)c1cc2c(s1)CCCCCC2. The van der Waals surface area contributed by atoms with Crippen LogP contribution in [0.1, 0.15) is 51.6 Å². The van der Waals surface area contributed by atoms with Crippen LogP contribution in [-0.2, 0) is 19.3 Å². The summed E-state index contributed by atoms with van der Waals surface area (Å²) in [5.74, 6) is 0.903. The van der Waals surface area contributed by atoms with Crippen LogP contribution in [0.3, 0.4) is 0 Å². The Balaban J connectivity index is 1.38. The van der Waals surface area contributed by atoms with Crippen LogP contribution in [0.4, 0.5) is 0 Å². The van der Waals surface area contributed by atoms with Gasteiger partial charge >= 0.3 is 0 Å². The number of nitrogens with zero attached hydrogens (tertiary/aromatic N) is 3. The molecule has 0 unspecified atom stereocenters. The third-order valence-corrected chi connectivity index (χ3v) is 5.97. The Kier molecular flexibility index (Phi) is 4.78. The Labute approximate surface area is 151 Å². The predicted octanol–water partition coefficient (Wildman–Crippen LogP) is 3.42. The van der Waals surface area contributed by atoms with Gasteiger partial charge in [0.05, 0.1) is 4.88 Å². The molecule has 4 rings (SSSR count). The van der Waals surface area contributed by atoms with E-state index in [4.69, 9.17) is 0 Å². The lowest BCUT2D eigenvalue weighted by molar-refractivity contribution is 0.0958. The second-order valence-electron chi connectivity index (χ2n) is 6.52. The molecule has 0 aromatic carbocycles. The van der Waals surface area contributed by atoms with Crippen LogP contribution in [0.2, 0.25) is 0 Å². The molecule has 0 fully saturated rings. The fraction of sp³-hybridized carbons (Fsp3) is 0.421. The molecule has 0 saturated heterocycles. The zero-order chi connectivity index (χ0) is 17.1. The summed E-state index contributed by atoms with van der Waals surface area (Å²) >= 11 is 1.67. The van der Waals surface area contributed by atoms with E-state index in [1.165, 1.54) is 36.1 Å². The summed E-state index contributed by atoms with van der Waals surface area (Å²) in [6.45, 7) is 0.567. The number of fused-ring (bicyclic) bond motifs is 2. The quantitative estimate of drug-likeness (QED) is 0.781. The van der Waals surface area contributed by atoms with Crippen molar-refractivity contribution in [3.63, 3.8) is 0 Å². The lowest BCUT2D eigenvalue weighted by Crippen LogP contribution is -2.25. The largest absolute Gasteiger partial charge is 0.351 e. The van der Waals surface area contributed by atoms with E-state index in [0.717, 1.165) is 29.2 Å². The smallest absolute Gasteiger partial charge is 0.261 e. The predicted molar refractivity (Wildman–Crippen MR) is 99.2 cm³/mol. The average molecular weight is 354 g/mol. The van der Waals surface area contributed by atoms with Crippen LogP contribution in [0.5, 0.6) is 0 Å². The number of hydrogen-bond donors (Lipinski definition) is 1. The van der Waals surface area contributed by atoms with Gasteiger partial charge < -0.3 is 5.32 Å². The molecule has 3 aromatic heterocycles. The van der Waals surface area contributed by atoms with Crippen LogP contribution in [0.25, 0.3) is 5.65 Å². The highest BCUT2D eigenvalue weighted by atomic mass is 32.1. The molecule has 1 aliphatic rings. The number of amides is 1. The number of rotatable bonds is 4. The van der Waals surface area contributed by atoms with Crippen molar-refractivity contribution in [1.82, 2.24) is 19.9 Å². The van der Waals surface area contributed by atoms with Gasteiger partial charge in [0, 0.05) is 24.0 Å². The van der Waals surface area contributed by atoms with Gasteiger partial charge in [0.2, 0.25) is 0 Å². The van der Waals surface area contributed by atoms with Gasteiger partial charge in [-0.2, -0.15) is 0 Å². The molecule has 0 atom stereocenters. The van der Waals surface area contributed by atoms with Crippen LogP contribution >= 0.6 is 11.3 Å². The van der Waals surface area contributed by atoms with E-state index < -0.39 is 0 Å².